The number of carbonyl (C=O) groups is 1. The van der Waals surface area contributed by atoms with Gasteiger partial charge in [-0.2, -0.15) is 0 Å². The van der Waals surface area contributed by atoms with Crippen molar-refractivity contribution < 1.29 is 4.79 Å². The number of carbonyl (C=O) groups excluding carboxylic acids is 1. The first-order chi connectivity index (χ1) is 12.7. The van der Waals surface area contributed by atoms with E-state index in [4.69, 9.17) is 4.98 Å². The monoisotopic (exact) mass is 344 g/mol. The Labute approximate surface area is 148 Å². The number of aromatic amines is 2. The number of anilines is 1. The molecule has 0 atom stereocenters. The average molecular weight is 344 g/mol. The normalized spacial score (nSPS) is 14.0. The fourth-order valence-corrected chi connectivity index (χ4v) is 3.28. The van der Waals surface area contributed by atoms with Crippen LogP contribution < -0.4 is 11.0 Å². The summed E-state index contributed by atoms with van der Waals surface area (Å²) in [4.78, 5) is 34.4. The van der Waals surface area contributed by atoms with Crippen molar-refractivity contribution in [2.24, 2.45) is 0 Å². The van der Waals surface area contributed by atoms with Gasteiger partial charge in [-0.05, 0) is 43.2 Å². The molecule has 0 aliphatic heterocycles. The highest BCUT2D eigenvalue weighted by molar-refractivity contribution is 6.12. The van der Waals surface area contributed by atoms with E-state index in [2.05, 4.69) is 15.3 Å². The molecule has 128 valence electrons. The summed E-state index contributed by atoms with van der Waals surface area (Å²) in [5.74, 6) is 0.287. The number of nitrogens with zero attached hydrogens (tertiary/aromatic N) is 1. The zero-order valence-corrected chi connectivity index (χ0v) is 13.9. The largest absolute Gasteiger partial charge is 0.323 e. The number of hydrogen-bond acceptors (Lipinski definition) is 3. The molecule has 0 radical (unpaired) electrons. The Bertz CT molecular complexity index is 1220. The zero-order valence-electron chi connectivity index (χ0n) is 13.9. The number of para-hydroxylation sites is 1. The second-order valence-corrected chi connectivity index (χ2v) is 6.68. The SMILES string of the molecule is O=C(Nc1ccc2[nH]c(=O)[nH]c2c1)c1cc(C2CC2)nc2ccccc12. The fourth-order valence-electron chi connectivity index (χ4n) is 3.28. The van der Waals surface area contributed by atoms with Gasteiger partial charge in [0, 0.05) is 22.7 Å². The van der Waals surface area contributed by atoms with Gasteiger partial charge >= 0.3 is 5.69 Å². The van der Waals surface area contributed by atoms with Crippen LogP contribution in [0.25, 0.3) is 21.9 Å². The molecule has 2 aromatic carbocycles. The molecule has 6 heteroatoms. The summed E-state index contributed by atoms with van der Waals surface area (Å²) in [5.41, 5.74) is 4.18. The van der Waals surface area contributed by atoms with Gasteiger partial charge in [0.15, 0.2) is 0 Å². The smallest absolute Gasteiger partial charge is 0.322 e. The number of imidazole rings is 1. The van der Waals surface area contributed by atoms with Crippen LogP contribution in [-0.4, -0.2) is 20.9 Å². The maximum absolute atomic E-state index is 12.9. The molecule has 0 spiro atoms. The highest BCUT2D eigenvalue weighted by Gasteiger charge is 2.27. The van der Waals surface area contributed by atoms with Crippen LogP contribution in [0.1, 0.15) is 34.8 Å². The molecule has 1 saturated carbocycles. The molecule has 4 aromatic rings. The molecule has 2 aromatic heterocycles. The van der Waals surface area contributed by atoms with Crippen LogP contribution in [-0.2, 0) is 0 Å². The number of pyridine rings is 1. The van der Waals surface area contributed by atoms with Crippen LogP contribution in [0.3, 0.4) is 0 Å². The van der Waals surface area contributed by atoms with E-state index in [1.54, 1.807) is 18.2 Å². The summed E-state index contributed by atoms with van der Waals surface area (Å²) >= 11 is 0. The number of aromatic nitrogens is 3. The Hall–Kier alpha value is -3.41. The third kappa shape index (κ3) is 2.56. The van der Waals surface area contributed by atoms with Gasteiger partial charge in [0.05, 0.1) is 22.1 Å². The third-order valence-electron chi connectivity index (χ3n) is 4.75. The molecule has 26 heavy (non-hydrogen) atoms. The molecule has 5 rings (SSSR count). The van der Waals surface area contributed by atoms with Crippen molar-refractivity contribution in [1.82, 2.24) is 15.0 Å². The van der Waals surface area contributed by atoms with E-state index in [1.165, 1.54) is 0 Å². The standard InChI is InChI=1S/C20H16N4O2/c25-19(21-12-7-8-16-18(9-12)24-20(26)23-16)14-10-17(11-5-6-11)22-15-4-2-1-3-13(14)15/h1-4,7-11H,5-6H2,(H,21,25)(H2,23,24,26). The quantitative estimate of drug-likeness (QED) is 0.531. The number of H-pyrrole nitrogens is 2. The number of nitrogens with one attached hydrogen (secondary N) is 3. The second-order valence-electron chi connectivity index (χ2n) is 6.68. The van der Waals surface area contributed by atoms with Crippen molar-refractivity contribution in [2.75, 3.05) is 5.32 Å². The number of amides is 1. The van der Waals surface area contributed by atoms with Crippen molar-refractivity contribution >= 4 is 33.5 Å². The lowest BCUT2D eigenvalue weighted by atomic mass is 10.1. The summed E-state index contributed by atoms with van der Waals surface area (Å²) in [6.07, 6.45) is 2.26. The topological polar surface area (TPSA) is 90.6 Å². The van der Waals surface area contributed by atoms with Gasteiger partial charge in [-0.25, -0.2) is 4.79 Å². The Balaban J connectivity index is 1.55. The van der Waals surface area contributed by atoms with Crippen LogP contribution in [0, 0.1) is 0 Å². The molecule has 6 nitrogen and oxygen atoms in total. The van der Waals surface area contributed by atoms with E-state index in [0.717, 1.165) is 29.4 Å². The van der Waals surface area contributed by atoms with Gasteiger partial charge in [0.2, 0.25) is 0 Å². The minimum atomic E-state index is -0.266. The first-order valence-electron chi connectivity index (χ1n) is 8.60. The molecule has 1 fully saturated rings. The summed E-state index contributed by atoms with van der Waals surface area (Å²) in [5, 5.41) is 3.77. The van der Waals surface area contributed by atoms with Gasteiger partial charge in [-0.3, -0.25) is 9.78 Å². The zero-order chi connectivity index (χ0) is 17.7. The molecule has 1 aliphatic rings. The fraction of sp³-hybridized carbons (Fsp3) is 0.150. The minimum Gasteiger partial charge on any atom is -0.322 e. The molecule has 0 bridgehead atoms. The summed E-state index contributed by atoms with van der Waals surface area (Å²) in [6, 6.07) is 14.9. The number of fused-ring (bicyclic) bond motifs is 2. The molecule has 1 aliphatic carbocycles. The van der Waals surface area contributed by atoms with Gasteiger partial charge in [0.1, 0.15) is 0 Å². The minimum absolute atomic E-state index is 0.178. The molecular formula is C20H16N4O2. The van der Waals surface area contributed by atoms with E-state index >= 15 is 0 Å². The van der Waals surface area contributed by atoms with Crippen LogP contribution in [0.5, 0.6) is 0 Å². The molecular weight excluding hydrogens is 328 g/mol. The van der Waals surface area contributed by atoms with Crippen molar-refractivity contribution in [1.29, 1.82) is 0 Å². The van der Waals surface area contributed by atoms with Crippen molar-refractivity contribution in [2.45, 2.75) is 18.8 Å². The molecule has 3 N–H and O–H groups in total. The lowest BCUT2D eigenvalue weighted by molar-refractivity contribution is 0.102. The van der Waals surface area contributed by atoms with Crippen molar-refractivity contribution in [3.63, 3.8) is 0 Å². The van der Waals surface area contributed by atoms with Gasteiger partial charge in [-0.1, -0.05) is 18.2 Å². The highest BCUT2D eigenvalue weighted by atomic mass is 16.2. The van der Waals surface area contributed by atoms with Gasteiger partial charge < -0.3 is 15.3 Å². The number of rotatable bonds is 3. The summed E-state index contributed by atoms with van der Waals surface area (Å²) in [7, 11) is 0. The van der Waals surface area contributed by atoms with Crippen LogP contribution in [0.2, 0.25) is 0 Å². The van der Waals surface area contributed by atoms with Crippen LogP contribution in [0.15, 0.2) is 53.3 Å². The lowest BCUT2D eigenvalue weighted by Gasteiger charge is -2.10. The summed E-state index contributed by atoms with van der Waals surface area (Å²) < 4.78 is 0. The van der Waals surface area contributed by atoms with Gasteiger partial charge in [0.25, 0.3) is 5.91 Å². The maximum Gasteiger partial charge on any atom is 0.323 e. The Morgan fingerprint density at radius 2 is 1.85 bits per heavy atom. The molecule has 0 unspecified atom stereocenters. The van der Waals surface area contributed by atoms with Crippen molar-refractivity contribution in [3.05, 3.63) is 70.3 Å². The van der Waals surface area contributed by atoms with E-state index in [9.17, 15) is 9.59 Å². The second kappa shape index (κ2) is 5.56. The molecule has 1 amide bonds. The Morgan fingerprint density at radius 1 is 1.04 bits per heavy atom. The van der Waals surface area contributed by atoms with Crippen molar-refractivity contribution in [3.8, 4) is 0 Å². The first kappa shape index (κ1) is 14.9. The molecule has 2 heterocycles. The molecule has 0 saturated heterocycles. The summed E-state index contributed by atoms with van der Waals surface area (Å²) in [6.45, 7) is 0. The third-order valence-corrected chi connectivity index (χ3v) is 4.75. The average Bonchev–Trinajstić information content (AvgIpc) is 3.42. The van der Waals surface area contributed by atoms with Crippen LogP contribution in [0.4, 0.5) is 5.69 Å². The predicted octanol–water partition coefficient (Wildman–Crippen LogP) is 3.53. The van der Waals surface area contributed by atoms with E-state index in [0.29, 0.717) is 28.2 Å². The van der Waals surface area contributed by atoms with E-state index < -0.39 is 0 Å². The lowest BCUT2D eigenvalue weighted by Crippen LogP contribution is -2.13. The predicted molar refractivity (Wildman–Crippen MR) is 101 cm³/mol. The van der Waals surface area contributed by atoms with Crippen LogP contribution >= 0.6 is 0 Å². The van der Waals surface area contributed by atoms with E-state index in [1.807, 2.05) is 30.3 Å². The van der Waals surface area contributed by atoms with Gasteiger partial charge in [-0.15, -0.1) is 0 Å². The number of hydrogen-bond donors (Lipinski definition) is 3. The highest BCUT2D eigenvalue weighted by Crippen LogP contribution is 2.40. The maximum atomic E-state index is 12.9. The Kier molecular flexibility index (Phi) is 3.18. The van der Waals surface area contributed by atoms with E-state index in [-0.39, 0.29) is 11.6 Å². The first-order valence-corrected chi connectivity index (χ1v) is 8.60. The Morgan fingerprint density at radius 3 is 2.69 bits per heavy atom. The number of benzene rings is 2.